The first kappa shape index (κ1) is 16.9. The van der Waals surface area contributed by atoms with E-state index < -0.39 is 0 Å². The molecule has 0 aromatic rings. The van der Waals surface area contributed by atoms with Crippen LogP contribution in [0.4, 0.5) is 0 Å². The van der Waals surface area contributed by atoms with Gasteiger partial charge in [-0.1, -0.05) is 13.8 Å². The summed E-state index contributed by atoms with van der Waals surface area (Å²) < 4.78 is 0. The molecule has 0 unspecified atom stereocenters. The van der Waals surface area contributed by atoms with Crippen LogP contribution in [0.15, 0.2) is 12.3 Å². The minimum absolute atomic E-state index is 0. The maximum atomic E-state index is 6.39. The van der Waals surface area contributed by atoms with Crippen LogP contribution < -0.4 is 0 Å². The van der Waals surface area contributed by atoms with E-state index in [0.717, 1.165) is 0 Å². The average Bonchev–Trinajstić information content (AvgIpc) is 1.65. The number of allylic oxidation sites excluding steroid dienone is 1. The van der Waals surface area contributed by atoms with Gasteiger partial charge < -0.3 is 11.7 Å². The van der Waals surface area contributed by atoms with Gasteiger partial charge in [-0.3, -0.25) is 0 Å². The van der Waals surface area contributed by atoms with Gasteiger partial charge in [-0.05, 0) is 0 Å². The summed E-state index contributed by atoms with van der Waals surface area (Å²) in [5.74, 6) is 1.50. The maximum Gasteiger partial charge on any atom is 0 e. The van der Waals surface area contributed by atoms with E-state index in [1.807, 2.05) is 0 Å². The summed E-state index contributed by atoms with van der Waals surface area (Å²) in [6.45, 7) is 11.3. The molecule has 0 fully saturated rings. The monoisotopic (exact) mass is 216 g/mol. The van der Waals surface area contributed by atoms with Crippen molar-refractivity contribution in [1.82, 2.24) is 0 Å². The minimum atomic E-state index is 0. The van der Waals surface area contributed by atoms with E-state index in [0.29, 0.717) is 5.70 Å². The largest absolute Gasteiger partial charge is 0.703 e. The van der Waals surface area contributed by atoms with E-state index >= 15 is 0 Å². The van der Waals surface area contributed by atoms with E-state index in [4.69, 9.17) is 5.73 Å². The Kier molecular flexibility index (Phi) is 20.9. The molecule has 1 N–H and O–H groups in total. The van der Waals surface area contributed by atoms with Crippen LogP contribution in [0, 0.1) is 5.92 Å². The normalized spacial score (nSPS) is 7.30. The molecule has 10 heavy (non-hydrogen) atoms. The molecular formula is C8H17NY-2. The fourth-order valence-corrected chi connectivity index (χ4v) is 0. The molecule has 0 bridgehead atoms. The molecule has 59 valence electrons. The number of nitrogens with one attached hydrogen (secondary N) is 1. The quantitative estimate of drug-likeness (QED) is 0.598. The summed E-state index contributed by atoms with van der Waals surface area (Å²) in [7, 11) is 0. The summed E-state index contributed by atoms with van der Waals surface area (Å²) in [4.78, 5) is 0. The van der Waals surface area contributed by atoms with Crippen LogP contribution >= 0.6 is 0 Å². The summed E-state index contributed by atoms with van der Waals surface area (Å²) >= 11 is 0. The Balaban J connectivity index is -0.0000000910. The van der Waals surface area contributed by atoms with Gasteiger partial charge in [-0.15, -0.1) is 6.58 Å². The maximum absolute atomic E-state index is 6.39. The van der Waals surface area contributed by atoms with Crippen molar-refractivity contribution in [3.8, 4) is 0 Å². The molecule has 0 aromatic carbocycles. The Bertz CT molecular complexity index is 65.7. The van der Waals surface area contributed by atoms with Gasteiger partial charge in [-0.2, -0.15) is 26.0 Å². The fourth-order valence-electron chi connectivity index (χ4n) is 0. The molecule has 0 atom stereocenters. The van der Waals surface area contributed by atoms with Crippen molar-refractivity contribution < 1.29 is 32.7 Å². The van der Waals surface area contributed by atoms with Crippen LogP contribution in [0.25, 0.3) is 5.73 Å². The van der Waals surface area contributed by atoms with E-state index in [2.05, 4.69) is 27.4 Å². The van der Waals surface area contributed by atoms with E-state index in [1.54, 1.807) is 6.92 Å². The van der Waals surface area contributed by atoms with Gasteiger partial charge in [0.2, 0.25) is 0 Å². The smallest absolute Gasteiger partial charge is 0 e. The Morgan fingerprint density at radius 3 is 1.60 bits per heavy atom. The fraction of sp³-hybridized carbons (Fsp3) is 0.625. The predicted molar refractivity (Wildman–Crippen MR) is 44.0 cm³/mol. The van der Waals surface area contributed by atoms with Crippen molar-refractivity contribution in [2.75, 3.05) is 0 Å². The van der Waals surface area contributed by atoms with Crippen molar-refractivity contribution in [3.05, 3.63) is 23.9 Å². The zero-order valence-corrected chi connectivity index (χ0v) is 10.3. The Morgan fingerprint density at radius 1 is 1.50 bits per heavy atom. The second-order valence-corrected chi connectivity index (χ2v) is 2.34. The van der Waals surface area contributed by atoms with Crippen molar-refractivity contribution in [1.29, 1.82) is 0 Å². The van der Waals surface area contributed by atoms with E-state index in [1.165, 1.54) is 12.3 Å². The zero-order chi connectivity index (χ0) is 7.86. The Morgan fingerprint density at radius 2 is 1.60 bits per heavy atom. The van der Waals surface area contributed by atoms with Crippen molar-refractivity contribution in [2.45, 2.75) is 34.1 Å². The van der Waals surface area contributed by atoms with Gasteiger partial charge in [0.25, 0.3) is 0 Å². The van der Waals surface area contributed by atoms with Crippen LogP contribution in [0.3, 0.4) is 0 Å². The summed E-state index contributed by atoms with van der Waals surface area (Å²) in [6, 6.07) is 0. The molecule has 1 radical (unpaired) electrons. The third-order valence-corrected chi connectivity index (χ3v) is 0.707. The van der Waals surface area contributed by atoms with E-state index in [9.17, 15) is 0 Å². The van der Waals surface area contributed by atoms with Crippen LogP contribution in [-0.2, 0) is 32.7 Å². The molecule has 1 nitrogen and oxygen atoms in total. The molecule has 0 aromatic heterocycles. The molecule has 0 spiro atoms. The molecule has 0 aliphatic carbocycles. The third-order valence-electron chi connectivity index (χ3n) is 0.707. The molecule has 0 amide bonds. The van der Waals surface area contributed by atoms with Crippen molar-refractivity contribution in [3.63, 3.8) is 0 Å². The molecule has 0 heterocycles. The van der Waals surface area contributed by atoms with Gasteiger partial charge in [0.15, 0.2) is 0 Å². The molecule has 0 aliphatic heterocycles. The van der Waals surface area contributed by atoms with Crippen LogP contribution in [-0.4, -0.2) is 0 Å². The summed E-state index contributed by atoms with van der Waals surface area (Å²) in [6.07, 6.45) is 1.22. The molecule has 0 saturated heterocycles. The third kappa shape index (κ3) is 72.3. The second kappa shape index (κ2) is 12.3. The molecule has 2 heteroatoms. The van der Waals surface area contributed by atoms with Gasteiger partial charge in [0.1, 0.15) is 0 Å². The zero-order valence-electron chi connectivity index (χ0n) is 7.49. The second-order valence-electron chi connectivity index (χ2n) is 2.34. The number of hydrogen-bond donors (Lipinski definition) is 0. The molecule has 0 aliphatic rings. The first-order chi connectivity index (χ1) is 4.00. The summed E-state index contributed by atoms with van der Waals surface area (Å²) in [5.41, 5.74) is 6.81. The van der Waals surface area contributed by atoms with Crippen LogP contribution in [0.2, 0.25) is 0 Å². The number of hydrogen-bond acceptors (Lipinski definition) is 0. The molecular weight excluding hydrogens is 199 g/mol. The molecule has 0 saturated carbocycles. The Hall–Kier alpha value is 0.644. The van der Waals surface area contributed by atoms with Gasteiger partial charge in [0, 0.05) is 32.7 Å². The molecule has 0 rings (SSSR count). The van der Waals surface area contributed by atoms with Crippen molar-refractivity contribution >= 4 is 0 Å². The van der Waals surface area contributed by atoms with E-state index in [-0.39, 0.29) is 32.7 Å². The Labute approximate surface area is 90.3 Å². The number of rotatable bonds is 1. The topological polar surface area (TPSA) is 23.8 Å². The average molecular weight is 216 g/mol. The van der Waals surface area contributed by atoms with Gasteiger partial charge in [0.05, 0.1) is 0 Å². The van der Waals surface area contributed by atoms with Crippen LogP contribution in [0.5, 0.6) is 0 Å². The first-order valence-electron chi connectivity index (χ1n) is 3.16. The first-order valence-corrected chi connectivity index (χ1v) is 3.16. The van der Waals surface area contributed by atoms with Gasteiger partial charge in [-0.25, -0.2) is 0 Å². The minimum Gasteiger partial charge on any atom is -0.703 e. The summed E-state index contributed by atoms with van der Waals surface area (Å²) in [5, 5.41) is 0. The van der Waals surface area contributed by atoms with Crippen molar-refractivity contribution in [2.24, 2.45) is 0 Å². The SMILES string of the molecule is C=C(C)[NH-].CC[C-](C)C.[Y]. The predicted octanol–water partition coefficient (Wildman–Crippen LogP) is 3.58. The van der Waals surface area contributed by atoms with Crippen LogP contribution in [0.1, 0.15) is 34.1 Å². The van der Waals surface area contributed by atoms with Gasteiger partial charge >= 0.3 is 0 Å². The standard InChI is InChI=1S/C5H11.C3H6N.Y/c1-4-5(2)3;1-3(2)4;/h4H2,1-3H3;4H,1H2,2H3;/q2*-1;.